The molecule has 3 heteroatoms. The predicted octanol–water partition coefficient (Wildman–Crippen LogP) is 19.6. The molecule has 0 saturated carbocycles. The van der Waals surface area contributed by atoms with Crippen molar-refractivity contribution < 1.29 is 4.42 Å². The molecule has 2 nitrogen and oxygen atoms in total. The van der Waals surface area contributed by atoms with Crippen molar-refractivity contribution in [3.8, 4) is 22.3 Å². The highest BCUT2D eigenvalue weighted by molar-refractivity contribution is 7.26. The van der Waals surface area contributed by atoms with E-state index in [0.29, 0.717) is 0 Å². The maximum Gasteiger partial charge on any atom is 0.143 e. The summed E-state index contributed by atoms with van der Waals surface area (Å²) in [5.74, 6) is 0. The van der Waals surface area contributed by atoms with E-state index in [4.69, 9.17) is 4.42 Å². The van der Waals surface area contributed by atoms with E-state index >= 15 is 0 Å². The van der Waals surface area contributed by atoms with Crippen molar-refractivity contribution >= 4 is 124 Å². The molecule has 0 atom stereocenters. The van der Waals surface area contributed by atoms with Crippen molar-refractivity contribution in [2.45, 2.75) is 0 Å². The van der Waals surface area contributed by atoms with Gasteiger partial charge in [0, 0.05) is 58.8 Å². The number of thiophene rings is 1. The molecule has 0 fully saturated rings. The number of para-hydroxylation sites is 3. The number of nitrogens with zero attached hydrogens (tertiary/aromatic N) is 1. The molecule has 0 saturated heterocycles. The van der Waals surface area contributed by atoms with E-state index in [9.17, 15) is 0 Å². The zero-order valence-corrected chi connectivity index (χ0v) is 38.3. The van der Waals surface area contributed by atoms with E-state index in [2.05, 4.69) is 248 Å². The second-order valence-corrected chi connectivity index (χ2v) is 18.9. The highest BCUT2D eigenvalue weighted by Crippen LogP contribution is 2.47. The van der Waals surface area contributed by atoms with Crippen molar-refractivity contribution in [3.63, 3.8) is 0 Å². The lowest BCUT2D eigenvalue weighted by molar-refractivity contribution is 0.670. The normalized spacial score (nSPS) is 11.8. The third-order valence-electron chi connectivity index (χ3n) is 14.1. The molecule has 322 valence electrons. The average molecular weight is 896 g/mol. The van der Waals surface area contributed by atoms with E-state index in [1.54, 1.807) is 0 Å². The standard InChI is InChI=1S/C66H41NOS/c1-2-17-42(18-3-1)46-19-10-13-30-61(46)67(44-35-33-43(34-36-44)47-28-16-29-58-54-25-11-14-31-62(54)68-65(47)58)45-37-38-53-57-39-40-59-55-26-12-15-32-63(55)69-66(59)64(57)56-27-9-8-23-51(56)49-21-5-4-20-48(49)50-22-6-7-24-52(50)60(53)41-45/h1-41H. The first-order valence-corrected chi connectivity index (χ1v) is 24.4. The second-order valence-electron chi connectivity index (χ2n) is 17.9. The van der Waals surface area contributed by atoms with Gasteiger partial charge < -0.3 is 9.32 Å². The first-order valence-electron chi connectivity index (χ1n) is 23.6. The monoisotopic (exact) mass is 895 g/mol. The Morgan fingerprint density at radius 2 is 0.797 bits per heavy atom. The summed E-state index contributed by atoms with van der Waals surface area (Å²) in [6.07, 6.45) is 0. The maximum atomic E-state index is 6.53. The Kier molecular flexibility index (Phi) is 9.11. The molecular formula is C66H41NOS. The highest BCUT2D eigenvalue weighted by Gasteiger charge is 2.21. The third kappa shape index (κ3) is 6.32. The molecule has 0 N–H and O–H groups in total. The minimum Gasteiger partial charge on any atom is -0.455 e. The fourth-order valence-electron chi connectivity index (χ4n) is 11.0. The maximum absolute atomic E-state index is 6.53. The third-order valence-corrected chi connectivity index (χ3v) is 15.3. The summed E-state index contributed by atoms with van der Waals surface area (Å²) >= 11 is 1.90. The van der Waals surface area contributed by atoms with Gasteiger partial charge in [-0.15, -0.1) is 11.3 Å². The van der Waals surface area contributed by atoms with Gasteiger partial charge in [-0.3, -0.25) is 0 Å². The lowest BCUT2D eigenvalue weighted by atomic mass is 9.93. The van der Waals surface area contributed by atoms with Crippen molar-refractivity contribution in [2.75, 3.05) is 4.90 Å². The minimum absolute atomic E-state index is 0.899. The van der Waals surface area contributed by atoms with Crippen LogP contribution in [-0.4, -0.2) is 0 Å². The van der Waals surface area contributed by atoms with Crippen molar-refractivity contribution in [3.05, 3.63) is 249 Å². The van der Waals surface area contributed by atoms with Crippen LogP contribution in [0, 0.1) is 0 Å². The second kappa shape index (κ2) is 16.0. The molecule has 0 radical (unpaired) electrons. The van der Waals surface area contributed by atoms with Gasteiger partial charge in [0.2, 0.25) is 0 Å². The zero-order chi connectivity index (χ0) is 45.4. The summed E-state index contributed by atoms with van der Waals surface area (Å²) < 4.78 is 9.13. The van der Waals surface area contributed by atoms with Crippen LogP contribution < -0.4 is 4.90 Å². The summed E-state index contributed by atoms with van der Waals surface area (Å²) in [5.41, 5.74) is 9.50. The summed E-state index contributed by atoms with van der Waals surface area (Å²) in [6, 6.07) is 91.0. The number of benzene rings is 11. The summed E-state index contributed by atoms with van der Waals surface area (Å²) in [5, 5.41) is 17.0. The number of hydrogen-bond acceptors (Lipinski definition) is 3. The molecule has 12 aromatic carbocycles. The Labute approximate surface area is 402 Å². The van der Waals surface area contributed by atoms with Crippen LogP contribution in [0.2, 0.25) is 0 Å². The number of rotatable bonds is 5. The van der Waals surface area contributed by atoms with Gasteiger partial charge in [0.25, 0.3) is 0 Å². The molecule has 0 aliphatic carbocycles. The number of hydrogen-bond donors (Lipinski definition) is 0. The molecule has 0 aliphatic rings. The van der Waals surface area contributed by atoms with Crippen LogP contribution in [0.3, 0.4) is 0 Å². The Bertz CT molecular complexity index is 4430. The first-order chi connectivity index (χ1) is 34.2. The first kappa shape index (κ1) is 39.4. The van der Waals surface area contributed by atoms with Crippen LogP contribution in [0.5, 0.6) is 0 Å². The molecular weight excluding hydrogens is 855 g/mol. The van der Waals surface area contributed by atoms with Crippen LogP contribution in [0.4, 0.5) is 17.1 Å². The van der Waals surface area contributed by atoms with E-state index in [1.807, 2.05) is 17.4 Å². The van der Waals surface area contributed by atoms with E-state index in [1.165, 1.54) is 74.0 Å². The highest BCUT2D eigenvalue weighted by atomic mass is 32.1. The van der Waals surface area contributed by atoms with E-state index < -0.39 is 0 Å². The van der Waals surface area contributed by atoms with E-state index in [-0.39, 0.29) is 0 Å². The molecule has 0 aliphatic heterocycles. The Morgan fingerprint density at radius 3 is 1.55 bits per heavy atom. The van der Waals surface area contributed by atoms with Gasteiger partial charge in [-0.05, 0) is 102 Å². The van der Waals surface area contributed by atoms with Crippen LogP contribution >= 0.6 is 11.3 Å². The van der Waals surface area contributed by atoms with Gasteiger partial charge in [-0.2, -0.15) is 0 Å². The minimum atomic E-state index is 0.899. The average Bonchev–Trinajstić information content (AvgIpc) is 4.00. The number of fused-ring (bicyclic) bond motifs is 17. The molecule has 14 aromatic rings. The van der Waals surface area contributed by atoms with Gasteiger partial charge in [0.15, 0.2) is 0 Å². The fraction of sp³-hybridized carbons (Fsp3) is 0. The van der Waals surface area contributed by atoms with Gasteiger partial charge in [0.1, 0.15) is 11.2 Å². The molecule has 2 aromatic heterocycles. The topological polar surface area (TPSA) is 16.4 Å². The summed E-state index contributed by atoms with van der Waals surface area (Å²) in [7, 11) is 0. The molecule has 0 unspecified atom stereocenters. The SMILES string of the molecule is c1ccc(-c2ccccc2N(c2ccc(-c3cccc4c3oc3ccccc34)cc2)c2ccc3c(c2)c2ccccc2c2ccccc2c2ccccc2c2c3ccc3c4ccccc4sc32)cc1. The van der Waals surface area contributed by atoms with Crippen molar-refractivity contribution in [1.82, 2.24) is 0 Å². The van der Waals surface area contributed by atoms with Gasteiger partial charge >= 0.3 is 0 Å². The Balaban J connectivity index is 1.09. The number of anilines is 3. The van der Waals surface area contributed by atoms with E-state index in [0.717, 1.165) is 61.3 Å². The molecule has 14 rings (SSSR count). The quantitative estimate of drug-likeness (QED) is 0.171. The Hall–Kier alpha value is -8.76. The smallest absolute Gasteiger partial charge is 0.143 e. The van der Waals surface area contributed by atoms with Crippen LogP contribution in [-0.2, 0) is 0 Å². The van der Waals surface area contributed by atoms with Crippen LogP contribution in [0.1, 0.15) is 0 Å². The summed E-state index contributed by atoms with van der Waals surface area (Å²) in [4.78, 5) is 2.44. The Morgan fingerprint density at radius 1 is 0.304 bits per heavy atom. The van der Waals surface area contributed by atoms with Crippen molar-refractivity contribution in [1.29, 1.82) is 0 Å². The lowest BCUT2D eigenvalue weighted by Gasteiger charge is -2.28. The zero-order valence-electron chi connectivity index (χ0n) is 37.4. The molecule has 0 bridgehead atoms. The molecule has 0 spiro atoms. The largest absolute Gasteiger partial charge is 0.455 e. The van der Waals surface area contributed by atoms with Gasteiger partial charge in [0.05, 0.1) is 5.69 Å². The fourth-order valence-corrected chi connectivity index (χ4v) is 12.2. The molecule has 69 heavy (non-hydrogen) atoms. The van der Waals surface area contributed by atoms with Crippen LogP contribution in [0.25, 0.3) is 118 Å². The predicted molar refractivity (Wildman–Crippen MR) is 297 cm³/mol. The van der Waals surface area contributed by atoms with Crippen molar-refractivity contribution in [2.24, 2.45) is 0 Å². The van der Waals surface area contributed by atoms with Gasteiger partial charge in [-0.1, -0.05) is 206 Å². The summed E-state index contributed by atoms with van der Waals surface area (Å²) in [6.45, 7) is 0. The van der Waals surface area contributed by atoms with Crippen LogP contribution in [0.15, 0.2) is 253 Å². The number of furan rings is 1. The van der Waals surface area contributed by atoms with Gasteiger partial charge in [-0.25, -0.2) is 0 Å². The molecule has 0 amide bonds. The lowest BCUT2D eigenvalue weighted by Crippen LogP contribution is -2.11. The molecule has 2 heterocycles.